The number of para-hydroxylation sites is 1. The quantitative estimate of drug-likeness (QED) is 0.853. The third-order valence-corrected chi connectivity index (χ3v) is 6.48. The van der Waals surface area contributed by atoms with Crippen molar-refractivity contribution in [3.63, 3.8) is 0 Å². The summed E-state index contributed by atoms with van der Waals surface area (Å²) in [6.07, 6.45) is 7.67. The van der Waals surface area contributed by atoms with Crippen LogP contribution in [0.5, 0.6) is 0 Å². The van der Waals surface area contributed by atoms with Gasteiger partial charge in [0.25, 0.3) is 5.91 Å². The molecule has 2 aliphatic rings. The van der Waals surface area contributed by atoms with Crippen LogP contribution in [-0.2, 0) is 6.54 Å². The van der Waals surface area contributed by atoms with Crippen LogP contribution in [-0.4, -0.2) is 33.4 Å². The number of nitrogens with one attached hydrogen (secondary N) is 1. The van der Waals surface area contributed by atoms with Gasteiger partial charge in [0.15, 0.2) is 0 Å². The van der Waals surface area contributed by atoms with Gasteiger partial charge in [-0.05, 0) is 42.2 Å². The van der Waals surface area contributed by atoms with Crippen LogP contribution >= 0.6 is 0 Å². The number of benzene rings is 1. The van der Waals surface area contributed by atoms with Crippen molar-refractivity contribution in [3.8, 4) is 0 Å². The Morgan fingerprint density at radius 2 is 1.82 bits per heavy atom. The van der Waals surface area contributed by atoms with E-state index in [9.17, 15) is 9.59 Å². The minimum atomic E-state index is -0.132. The summed E-state index contributed by atoms with van der Waals surface area (Å²) in [6.45, 7) is 8.66. The minimum Gasteiger partial charge on any atom is -0.338 e. The molecule has 28 heavy (non-hydrogen) atoms. The molecule has 1 unspecified atom stereocenters. The fourth-order valence-corrected chi connectivity index (χ4v) is 5.17. The standard InChI is InChI=1S/C23H33N3O2/c1-23(2,3)15-26-19-12-6-11-18(20(19)24-22(26)28)21(27)25-13-7-10-17(14-25)16-8-4-5-9-16/h6,11-12,16-17H,4-5,7-10,13-15H2,1-3H3,(H,24,28). The van der Waals surface area contributed by atoms with Crippen molar-refractivity contribution in [2.24, 2.45) is 17.3 Å². The lowest BCUT2D eigenvalue weighted by atomic mass is 9.84. The average molecular weight is 384 g/mol. The van der Waals surface area contributed by atoms with Crippen molar-refractivity contribution in [1.82, 2.24) is 14.5 Å². The first-order valence-electron chi connectivity index (χ1n) is 10.8. The van der Waals surface area contributed by atoms with E-state index in [2.05, 4.69) is 25.8 Å². The predicted molar refractivity (Wildman–Crippen MR) is 113 cm³/mol. The zero-order valence-electron chi connectivity index (χ0n) is 17.5. The maximum absolute atomic E-state index is 13.4. The molecule has 1 aromatic heterocycles. The third-order valence-electron chi connectivity index (χ3n) is 6.48. The number of carbonyl (C=O) groups is 1. The molecule has 1 atom stereocenters. The van der Waals surface area contributed by atoms with E-state index in [4.69, 9.17) is 0 Å². The monoisotopic (exact) mass is 383 g/mol. The van der Waals surface area contributed by atoms with Gasteiger partial charge in [0.1, 0.15) is 0 Å². The van der Waals surface area contributed by atoms with Gasteiger partial charge in [-0.1, -0.05) is 52.5 Å². The molecule has 0 spiro atoms. The third kappa shape index (κ3) is 3.76. The number of aromatic nitrogens is 2. The highest BCUT2D eigenvalue weighted by Crippen LogP contribution is 2.36. The SMILES string of the molecule is CC(C)(C)Cn1c(=O)[nH]c2c(C(=O)N3CCCC(C4CCCC4)C3)cccc21. The van der Waals surface area contributed by atoms with Gasteiger partial charge in [0.2, 0.25) is 0 Å². The van der Waals surface area contributed by atoms with Crippen LogP contribution in [0, 0.1) is 17.3 Å². The fraction of sp³-hybridized carbons (Fsp3) is 0.652. The maximum Gasteiger partial charge on any atom is 0.326 e. The van der Waals surface area contributed by atoms with Gasteiger partial charge >= 0.3 is 5.69 Å². The molecule has 5 nitrogen and oxygen atoms in total. The summed E-state index contributed by atoms with van der Waals surface area (Å²) < 4.78 is 1.77. The van der Waals surface area contributed by atoms with Gasteiger partial charge in [0.05, 0.1) is 16.6 Å². The number of likely N-dealkylation sites (tertiary alicyclic amines) is 1. The maximum atomic E-state index is 13.4. The van der Waals surface area contributed by atoms with E-state index in [0.29, 0.717) is 23.5 Å². The van der Waals surface area contributed by atoms with Crippen LogP contribution < -0.4 is 5.69 Å². The Morgan fingerprint density at radius 1 is 1.11 bits per heavy atom. The molecule has 152 valence electrons. The lowest BCUT2D eigenvalue weighted by molar-refractivity contribution is 0.0630. The second-order valence-corrected chi connectivity index (χ2v) is 9.97. The Bertz CT molecular complexity index is 912. The van der Waals surface area contributed by atoms with Crippen molar-refractivity contribution in [1.29, 1.82) is 0 Å². The highest BCUT2D eigenvalue weighted by molar-refractivity contribution is 6.04. The van der Waals surface area contributed by atoms with Gasteiger partial charge in [-0.15, -0.1) is 0 Å². The second-order valence-electron chi connectivity index (χ2n) is 9.97. The van der Waals surface area contributed by atoms with Crippen LogP contribution in [0.1, 0.15) is 69.7 Å². The molecule has 2 fully saturated rings. The highest BCUT2D eigenvalue weighted by atomic mass is 16.2. The molecule has 0 bridgehead atoms. The van der Waals surface area contributed by atoms with E-state index in [-0.39, 0.29) is 17.0 Å². The van der Waals surface area contributed by atoms with E-state index in [1.807, 2.05) is 23.1 Å². The zero-order valence-corrected chi connectivity index (χ0v) is 17.5. The topological polar surface area (TPSA) is 58.1 Å². The first kappa shape index (κ1) is 19.3. The number of carbonyl (C=O) groups excluding carboxylic acids is 1. The molecule has 0 radical (unpaired) electrons. The first-order valence-corrected chi connectivity index (χ1v) is 10.8. The molecule has 1 aromatic carbocycles. The summed E-state index contributed by atoms with van der Waals surface area (Å²) in [5.74, 6) is 1.50. The van der Waals surface area contributed by atoms with Gasteiger partial charge in [-0.2, -0.15) is 0 Å². The van der Waals surface area contributed by atoms with E-state index in [1.54, 1.807) is 4.57 Å². The molecular weight excluding hydrogens is 350 g/mol. The van der Waals surface area contributed by atoms with Crippen molar-refractivity contribution in [3.05, 3.63) is 34.2 Å². The van der Waals surface area contributed by atoms with E-state index in [1.165, 1.54) is 32.1 Å². The number of H-pyrrole nitrogens is 1. The number of rotatable bonds is 3. The molecule has 2 heterocycles. The smallest absolute Gasteiger partial charge is 0.326 e. The Labute approximate surface area is 167 Å². The molecule has 1 amide bonds. The van der Waals surface area contributed by atoms with Crippen LogP contribution in [0.4, 0.5) is 0 Å². The van der Waals surface area contributed by atoms with E-state index < -0.39 is 0 Å². The summed E-state index contributed by atoms with van der Waals surface area (Å²) in [6, 6.07) is 5.70. The Kier molecular flexibility index (Phi) is 5.11. The number of hydrogen-bond acceptors (Lipinski definition) is 2. The number of amides is 1. The van der Waals surface area contributed by atoms with Crippen LogP contribution in [0.25, 0.3) is 11.0 Å². The molecule has 1 aliphatic heterocycles. The van der Waals surface area contributed by atoms with Crippen molar-refractivity contribution in [2.45, 2.75) is 65.8 Å². The normalized spacial score (nSPS) is 21.5. The highest BCUT2D eigenvalue weighted by Gasteiger charge is 2.32. The van der Waals surface area contributed by atoms with Gasteiger partial charge in [-0.3, -0.25) is 9.36 Å². The largest absolute Gasteiger partial charge is 0.338 e. The lowest BCUT2D eigenvalue weighted by Gasteiger charge is -2.36. The molecule has 4 rings (SSSR count). The van der Waals surface area contributed by atoms with E-state index in [0.717, 1.165) is 30.9 Å². The van der Waals surface area contributed by atoms with Gasteiger partial charge in [0, 0.05) is 19.6 Å². The molecule has 1 aliphatic carbocycles. The zero-order chi connectivity index (χ0) is 19.9. The number of fused-ring (bicyclic) bond motifs is 1. The molecule has 5 heteroatoms. The average Bonchev–Trinajstić information content (AvgIpc) is 3.29. The Balaban J connectivity index is 1.62. The summed E-state index contributed by atoms with van der Waals surface area (Å²) >= 11 is 0. The second kappa shape index (κ2) is 7.41. The number of imidazole rings is 1. The lowest BCUT2D eigenvalue weighted by Crippen LogP contribution is -2.41. The number of nitrogens with zero attached hydrogens (tertiary/aromatic N) is 2. The Morgan fingerprint density at radius 3 is 2.54 bits per heavy atom. The van der Waals surface area contributed by atoms with Gasteiger partial charge in [-0.25, -0.2) is 4.79 Å². The molecule has 1 N–H and O–H groups in total. The van der Waals surface area contributed by atoms with Crippen molar-refractivity contribution < 1.29 is 4.79 Å². The Hall–Kier alpha value is -2.04. The van der Waals surface area contributed by atoms with Crippen LogP contribution in [0.15, 0.2) is 23.0 Å². The van der Waals surface area contributed by atoms with Crippen molar-refractivity contribution >= 4 is 16.9 Å². The summed E-state index contributed by atoms with van der Waals surface area (Å²) in [5.41, 5.74) is 2.00. The molecule has 1 saturated carbocycles. The first-order chi connectivity index (χ1) is 13.3. The molecular formula is C23H33N3O2. The molecule has 2 aromatic rings. The molecule has 1 saturated heterocycles. The number of aromatic amines is 1. The summed E-state index contributed by atoms with van der Waals surface area (Å²) in [7, 11) is 0. The predicted octanol–water partition coefficient (Wildman–Crippen LogP) is 4.42. The minimum absolute atomic E-state index is 0.0136. The van der Waals surface area contributed by atoms with Gasteiger partial charge < -0.3 is 9.88 Å². The van der Waals surface area contributed by atoms with E-state index >= 15 is 0 Å². The summed E-state index contributed by atoms with van der Waals surface area (Å²) in [5, 5.41) is 0. The van der Waals surface area contributed by atoms with Crippen molar-refractivity contribution in [2.75, 3.05) is 13.1 Å². The number of hydrogen-bond donors (Lipinski definition) is 1. The van der Waals surface area contributed by atoms with Crippen LogP contribution in [0.2, 0.25) is 0 Å². The number of piperidine rings is 1. The fourth-order valence-electron chi connectivity index (χ4n) is 5.17. The van der Waals surface area contributed by atoms with Crippen LogP contribution in [0.3, 0.4) is 0 Å². The summed E-state index contributed by atoms with van der Waals surface area (Å²) in [4.78, 5) is 30.9.